The monoisotopic (exact) mass is 375 g/mol. The number of carbonyl (C=O) groups is 2. The molecule has 2 aromatic rings. The van der Waals surface area contributed by atoms with Crippen LogP contribution in [-0.4, -0.2) is 17.4 Å². The number of nitrogens with one attached hydrogen (secondary N) is 1. The number of anilines is 1. The third-order valence-corrected chi connectivity index (χ3v) is 5.30. The summed E-state index contributed by atoms with van der Waals surface area (Å²) in [5.41, 5.74) is 3.05. The SMILES string of the molecule is Cc1ccc(NC(=O)c2cccc3c2SCCC3=O)c(Br)c1. The van der Waals surface area contributed by atoms with Gasteiger partial charge in [0, 0.05) is 27.1 Å². The quantitative estimate of drug-likeness (QED) is 0.827. The van der Waals surface area contributed by atoms with E-state index in [4.69, 9.17) is 0 Å². The maximum atomic E-state index is 12.6. The lowest BCUT2D eigenvalue weighted by atomic mass is 10.0. The van der Waals surface area contributed by atoms with Crippen LogP contribution in [-0.2, 0) is 0 Å². The third kappa shape index (κ3) is 2.96. The number of fused-ring (bicyclic) bond motifs is 1. The number of Topliss-reactive ketones (excluding diaryl/α,β-unsaturated/α-hetero) is 1. The first-order chi connectivity index (χ1) is 10.6. The van der Waals surface area contributed by atoms with E-state index in [-0.39, 0.29) is 11.7 Å². The van der Waals surface area contributed by atoms with Gasteiger partial charge in [-0.15, -0.1) is 11.8 Å². The molecule has 3 nitrogen and oxygen atoms in total. The molecule has 0 spiro atoms. The molecule has 0 radical (unpaired) electrons. The number of rotatable bonds is 2. The number of ketones is 1. The Morgan fingerprint density at radius 3 is 2.86 bits per heavy atom. The Labute approximate surface area is 141 Å². The van der Waals surface area contributed by atoms with Crippen molar-refractivity contribution in [2.24, 2.45) is 0 Å². The summed E-state index contributed by atoms with van der Waals surface area (Å²) in [6, 6.07) is 11.1. The molecule has 0 saturated carbocycles. The van der Waals surface area contributed by atoms with E-state index in [9.17, 15) is 9.59 Å². The van der Waals surface area contributed by atoms with Crippen molar-refractivity contribution in [1.29, 1.82) is 0 Å². The summed E-state index contributed by atoms with van der Waals surface area (Å²) in [4.78, 5) is 25.3. The number of aryl methyl sites for hydroxylation is 1. The molecule has 1 heterocycles. The average Bonchev–Trinajstić information content (AvgIpc) is 2.50. The summed E-state index contributed by atoms with van der Waals surface area (Å²) in [7, 11) is 0. The molecule has 2 aromatic carbocycles. The van der Waals surface area contributed by atoms with Crippen LogP contribution in [0.2, 0.25) is 0 Å². The fourth-order valence-corrected chi connectivity index (χ4v) is 4.12. The number of hydrogen-bond acceptors (Lipinski definition) is 3. The molecule has 1 N–H and O–H groups in total. The van der Waals surface area contributed by atoms with Crippen molar-refractivity contribution in [3.8, 4) is 0 Å². The van der Waals surface area contributed by atoms with E-state index in [2.05, 4.69) is 21.2 Å². The standard InChI is InChI=1S/C17H14BrNO2S/c1-10-5-6-14(13(18)9-10)19-17(21)12-4-2-3-11-15(20)7-8-22-16(11)12/h2-6,9H,7-8H2,1H3,(H,19,21). The highest BCUT2D eigenvalue weighted by Crippen LogP contribution is 2.34. The van der Waals surface area contributed by atoms with Gasteiger partial charge in [0.05, 0.1) is 11.3 Å². The van der Waals surface area contributed by atoms with E-state index >= 15 is 0 Å². The Morgan fingerprint density at radius 1 is 1.27 bits per heavy atom. The second-order valence-corrected chi connectivity index (χ2v) is 7.10. The average molecular weight is 376 g/mol. The normalized spacial score (nSPS) is 13.6. The van der Waals surface area contributed by atoms with Gasteiger partial charge in [0.25, 0.3) is 5.91 Å². The highest BCUT2D eigenvalue weighted by atomic mass is 79.9. The Balaban J connectivity index is 1.93. The molecule has 0 bridgehead atoms. The van der Waals surface area contributed by atoms with E-state index in [1.54, 1.807) is 30.0 Å². The van der Waals surface area contributed by atoms with Crippen molar-refractivity contribution in [2.45, 2.75) is 18.2 Å². The van der Waals surface area contributed by atoms with Crippen molar-refractivity contribution in [3.05, 3.63) is 57.6 Å². The highest BCUT2D eigenvalue weighted by molar-refractivity contribution is 9.10. The zero-order valence-electron chi connectivity index (χ0n) is 12.0. The van der Waals surface area contributed by atoms with Crippen LogP contribution in [0.15, 0.2) is 45.8 Å². The fourth-order valence-electron chi connectivity index (χ4n) is 2.38. The lowest BCUT2D eigenvalue weighted by Crippen LogP contribution is -2.17. The zero-order chi connectivity index (χ0) is 15.7. The molecule has 0 atom stereocenters. The van der Waals surface area contributed by atoms with Crippen LogP contribution in [0.4, 0.5) is 5.69 Å². The van der Waals surface area contributed by atoms with Crippen molar-refractivity contribution in [1.82, 2.24) is 0 Å². The van der Waals surface area contributed by atoms with Gasteiger partial charge in [0.15, 0.2) is 5.78 Å². The summed E-state index contributed by atoms with van der Waals surface area (Å²) >= 11 is 5.03. The van der Waals surface area contributed by atoms with E-state index in [1.165, 1.54) is 0 Å². The molecule has 112 valence electrons. The highest BCUT2D eigenvalue weighted by Gasteiger charge is 2.23. The van der Waals surface area contributed by atoms with Gasteiger partial charge in [-0.25, -0.2) is 0 Å². The first-order valence-corrected chi connectivity index (χ1v) is 8.70. The maximum absolute atomic E-state index is 12.6. The van der Waals surface area contributed by atoms with Crippen LogP contribution in [0.3, 0.4) is 0 Å². The van der Waals surface area contributed by atoms with Gasteiger partial charge in [0.2, 0.25) is 0 Å². The van der Waals surface area contributed by atoms with Gasteiger partial charge in [-0.05, 0) is 46.6 Å². The summed E-state index contributed by atoms with van der Waals surface area (Å²) in [6.45, 7) is 1.99. The van der Waals surface area contributed by atoms with Crippen LogP contribution < -0.4 is 5.32 Å². The Kier molecular flexibility index (Phi) is 4.36. The van der Waals surface area contributed by atoms with Crippen molar-refractivity contribution in [3.63, 3.8) is 0 Å². The van der Waals surface area contributed by atoms with Crippen LogP contribution in [0.25, 0.3) is 0 Å². The number of carbonyl (C=O) groups excluding carboxylic acids is 2. The molecule has 5 heteroatoms. The Hall–Kier alpha value is -1.59. The maximum Gasteiger partial charge on any atom is 0.256 e. The molecule has 0 fully saturated rings. The number of benzene rings is 2. The molecule has 1 aliphatic rings. The minimum Gasteiger partial charge on any atom is -0.321 e. The van der Waals surface area contributed by atoms with Gasteiger partial charge in [-0.1, -0.05) is 18.2 Å². The molecule has 0 aromatic heterocycles. The predicted molar refractivity (Wildman–Crippen MR) is 92.9 cm³/mol. The molecule has 1 amide bonds. The molecule has 1 aliphatic heterocycles. The molecule has 0 aliphatic carbocycles. The van der Waals surface area contributed by atoms with Gasteiger partial charge < -0.3 is 5.32 Å². The Bertz CT molecular complexity index is 773. The summed E-state index contributed by atoms with van der Waals surface area (Å²) in [5, 5.41) is 2.91. The molecule has 0 saturated heterocycles. The van der Waals surface area contributed by atoms with E-state index in [1.807, 2.05) is 25.1 Å². The van der Waals surface area contributed by atoms with Gasteiger partial charge >= 0.3 is 0 Å². The smallest absolute Gasteiger partial charge is 0.256 e. The van der Waals surface area contributed by atoms with Crippen molar-refractivity contribution < 1.29 is 9.59 Å². The number of halogens is 1. The second-order valence-electron chi connectivity index (χ2n) is 5.14. The number of amides is 1. The van der Waals surface area contributed by atoms with Crippen LogP contribution in [0.1, 0.15) is 32.7 Å². The molecular formula is C17H14BrNO2S. The Morgan fingerprint density at radius 2 is 2.09 bits per heavy atom. The minimum absolute atomic E-state index is 0.111. The predicted octanol–water partition coefficient (Wildman–Crippen LogP) is 4.69. The van der Waals surface area contributed by atoms with Gasteiger partial charge in [-0.3, -0.25) is 9.59 Å². The fraction of sp³-hybridized carbons (Fsp3) is 0.176. The molecular weight excluding hydrogens is 362 g/mol. The number of hydrogen-bond donors (Lipinski definition) is 1. The second kappa shape index (κ2) is 6.26. The zero-order valence-corrected chi connectivity index (χ0v) is 14.4. The van der Waals surface area contributed by atoms with Gasteiger partial charge in [-0.2, -0.15) is 0 Å². The van der Waals surface area contributed by atoms with E-state index in [0.29, 0.717) is 17.5 Å². The lowest BCUT2D eigenvalue weighted by molar-refractivity contribution is 0.0984. The van der Waals surface area contributed by atoms with Crippen LogP contribution in [0, 0.1) is 6.92 Å². The summed E-state index contributed by atoms with van der Waals surface area (Å²) < 4.78 is 0.842. The lowest BCUT2D eigenvalue weighted by Gasteiger charge is -2.17. The number of thioether (sulfide) groups is 1. The van der Waals surface area contributed by atoms with Crippen molar-refractivity contribution >= 4 is 45.1 Å². The summed E-state index contributed by atoms with van der Waals surface area (Å²) in [6.07, 6.45) is 0.534. The summed E-state index contributed by atoms with van der Waals surface area (Å²) in [5.74, 6) is 0.646. The first kappa shape index (κ1) is 15.3. The third-order valence-electron chi connectivity index (χ3n) is 3.51. The molecule has 3 rings (SSSR count). The van der Waals surface area contributed by atoms with Crippen LogP contribution >= 0.6 is 27.7 Å². The first-order valence-electron chi connectivity index (χ1n) is 6.93. The van der Waals surface area contributed by atoms with E-state index < -0.39 is 0 Å². The van der Waals surface area contributed by atoms with Crippen LogP contribution in [0.5, 0.6) is 0 Å². The van der Waals surface area contributed by atoms with E-state index in [0.717, 1.165) is 26.4 Å². The minimum atomic E-state index is -0.191. The topological polar surface area (TPSA) is 46.2 Å². The largest absolute Gasteiger partial charge is 0.321 e. The van der Waals surface area contributed by atoms with Crippen molar-refractivity contribution in [2.75, 3.05) is 11.1 Å². The van der Waals surface area contributed by atoms with Gasteiger partial charge in [0.1, 0.15) is 0 Å². The molecule has 0 unspecified atom stereocenters. The molecule has 22 heavy (non-hydrogen) atoms.